The zero-order valence-electron chi connectivity index (χ0n) is 20.8. The van der Waals surface area contributed by atoms with Gasteiger partial charge in [-0.2, -0.15) is 0 Å². The maximum absolute atomic E-state index is 13.8. The summed E-state index contributed by atoms with van der Waals surface area (Å²) >= 11 is 0. The third-order valence-corrected chi connectivity index (χ3v) is 6.78. The third-order valence-electron chi connectivity index (χ3n) is 6.78. The monoisotopic (exact) mass is 505 g/mol. The van der Waals surface area contributed by atoms with Gasteiger partial charge in [0.2, 0.25) is 6.79 Å². The maximum atomic E-state index is 13.8. The number of nitro benzene ring substituents is 1. The van der Waals surface area contributed by atoms with E-state index in [4.69, 9.17) is 19.9 Å². The van der Waals surface area contributed by atoms with Gasteiger partial charge in [0.05, 0.1) is 28.7 Å². The van der Waals surface area contributed by atoms with E-state index in [1.807, 2.05) is 13.8 Å². The Bertz CT molecular complexity index is 1390. The fraction of sp³-hybridized carbons (Fsp3) is 0.333. The fourth-order valence-electron chi connectivity index (χ4n) is 5.28. The van der Waals surface area contributed by atoms with E-state index < -0.39 is 22.2 Å². The number of hydrogen-bond donors (Lipinski definition) is 1. The molecular formula is C27H27N3O7. The summed E-state index contributed by atoms with van der Waals surface area (Å²) < 4.78 is 16.4. The summed E-state index contributed by atoms with van der Waals surface area (Å²) in [7, 11) is 0. The molecule has 37 heavy (non-hydrogen) atoms. The number of nitrogens with zero attached hydrogens (tertiary/aromatic N) is 2. The van der Waals surface area contributed by atoms with Crippen LogP contribution in [0.5, 0.6) is 11.5 Å². The first-order valence-electron chi connectivity index (χ1n) is 12.0. The number of fused-ring (bicyclic) bond motifs is 1. The van der Waals surface area contributed by atoms with Crippen molar-refractivity contribution < 1.29 is 28.7 Å². The molecule has 2 aliphatic heterocycles. The number of hydrogen-bond acceptors (Lipinski definition) is 9. The third kappa shape index (κ3) is 4.18. The molecule has 0 radical (unpaired) electrons. The Balaban J connectivity index is 1.78. The highest BCUT2D eigenvalue weighted by molar-refractivity contribution is 6.05. The molecule has 2 aromatic rings. The minimum Gasteiger partial charge on any atom is -0.463 e. The summed E-state index contributed by atoms with van der Waals surface area (Å²) in [5, 5.41) is 11.5. The van der Waals surface area contributed by atoms with Crippen LogP contribution < -0.4 is 20.1 Å². The summed E-state index contributed by atoms with van der Waals surface area (Å²) in [6.07, 6.45) is 0.736. The standard InChI is InChI=1S/C27H27N3O7/c1-4-35-26(32)24-22(15-8-9-20-21(10-15)37-14-36-20)23-18(12-27(2,3)13-19(23)31)29(25(24)28)16-6-5-7-17(11-16)30(33)34/h5-11,22H,4,12-14,28H2,1-3H3/t22-/m0/s1. The SMILES string of the molecule is CCOC(=O)C1=C(N)N(c2cccc([N+](=O)[O-])c2)C2=C(C(=O)CC(C)(C)C2)[C@@H]1c1ccc2c(c1)OCO2. The molecule has 192 valence electrons. The molecule has 1 atom stereocenters. The molecule has 5 rings (SSSR count). The number of rotatable bonds is 5. The van der Waals surface area contributed by atoms with E-state index >= 15 is 0 Å². The van der Waals surface area contributed by atoms with Gasteiger partial charge in [-0.25, -0.2) is 4.79 Å². The van der Waals surface area contributed by atoms with Crippen LogP contribution >= 0.6 is 0 Å². The molecule has 0 saturated carbocycles. The molecule has 2 heterocycles. The van der Waals surface area contributed by atoms with Gasteiger partial charge in [0.25, 0.3) is 5.69 Å². The van der Waals surface area contributed by atoms with Crippen molar-refractivity contribution in [1.29, 1.82) is 0 Å². The topological polar surface area (TPSA) is 134 Å². The molecule has 10 heteroatoms. The molecule has 0 fully saturated rings. The molecule has 1 aliphatic carbocycles. The van der Waals surface area contributed by atoms with Crippen molar-refractivity contribution in [3.8, 4) is 11.5 Å². The number of ether oxygens (including phenoxy) is 3. The Kier molecular flexibility index (Phi) is 5.89. The van der Waals surface area contributed by atoms with Crippen molar-refractivity contribution in [2.45, 2.75) is 39.5 Å². The molecule has 0 unspecified atom stereocenters. The summed E-state index contributed by atoms with van der Waals surface area (Å²) in [6, 6.07) is 11.2. The van der Waals surface area contributed by atoms with Crippen molar-refractivity contribution in [3.63, 3.8) is 0 Å². The van der Waals surface area contributed by atoms with E-state index in [2.05, 4.69) is 0 Å². The number of carbonyl (C=O) groups is 2. The normalized spacial score (nSPS) is 20.1. The maximum Gasteiger partial charge on any atom is 0.338 e. The molecule has 2 N–H and O–H groups in total. The predicted octanol–water partition coefficient (Wildman–Crippen LogP) is 4.30. The Hall–Kier alpha value is -4.34. The minimum atomic E-state index is -0.804. The van der Waals surface area contributed by atoms with Gasteiger partial charge in [-0.05, 0) is 42.5 Å². The summed E-state index contributed by atoms with van der Waals surface area (Å²) in [5.41, 5.74) is 8.34. The molecule has 10 nitrogen and oxygen atoms in total. The number of carbonyl (C=O) groups excluding carboxylic acids is 2. The number of benzene rings is 2. The van der Waals surface area contributed by atoms with Gasteiger partial charge >= 0.3 is 5.97 Å². The van der Waals surface area contributed by atoms with E-state index in [0.717, 1.165) is 0 Å². The summed E-state index contributed by atoms with van der Waals surface area (Å²) in [6.45, 7) is 5.83. The van der Waals surface area contributed by atoms with Crippen LogP contribution in [0.25, 0.3) is 0 Å². The number of nitrogens with two attached hydrogens (primary N) is 1. The van der Waals surface area contributed by atoms with Crippen molar-refractivity contribution in [2.75, 3.05) is 18.3 Å². The highest BCUT2D eigenvalue weighted by Crippen LogP contribution is 2.51. The lowest BCUT2D eigenvalue weighted by atomic mass is 9.68. The van der Waals surface area contributed by atoms with Gasteiger partial charge in [0, 0.05) is 29.8 Å². The number of allylic oxidation sites excluding steroid dienone is 2. The quantitative estimate of drug-likeness (QED) is 0.358. The zero-order chi connectivity index (χ0) is 26.5. The van der Waals surface area contributed by atoms with Gasteiger partial charge in [-0.3, -0.25) is 19.8 Å². The number of esters is 1. The molecule has 0 amide bonds. The van der Waals surface area contributed by atoms with Crippen LogP contribution in [0, 0.1) is 15.5 Å². The Morgan fingerprint density at radius 1 is 1.19 bits per heavy atom. The van der Waals surface area contributed by atoms with Crippen molar-refractivity contribution >= 4 is 23.1 Å². The fourth-order valence-corrected chi connectivity index (χ4v) is 5.28. The molecule has 0 bridgehead atoms. The van der Waals surface area contributed by atoms with Crippen LogP contribution in [0.4, 0.5) is 11.4 Å². The largest absolute Gasteiger partial charge is 0.463 e. The molecule has 2 aromatic carbocycles. The first-order valence-corrected chi connectivity index (χ1v) is 12.0. The smallest absolute Gasteiger partial charge is 0.338 e. The highest BCUT2D eigenvalue weighted by atomic mass is 16.7. The van der Waals surface area contributed by atoms with E-state index in [1.165, 1.54) is 12.1 Å². The Morgan fingerprint density at radius 2 is 1.95 bits per heavy atom. The average molecular weight is 506 g/mol. The minimum absolute atomic E-state index is 0.0610. The second-order valence-corrected chi connectivity index (χ2v) is 9.98. The van der Waals surface area contributed by atoms with E-state index in [0.29, 0.717) is 40.4 Å². The van der Waals surface area contributed by atoms with E-state index in [9.17, 15) is 19.7 Å². The van der Waals surface area contributed by atoms with Crippen LogP contribution in [-0.2, 0) is 14.3 Å². The van der Waals surface area contributed by atoms with E-state index in [-0.39, 0.29) is 42.7 Å². The van der Waals surface area contributed by atoms with Crippen molar-refractivity contribution in [3.05, 3.63) is 80.8 Å². The first kappa shape index (κ1) is 24.4. The van der Waals surface area contributed by atoms with Crippen LogP contribution in [0.3, 0.4) is 0 Å². The predicted molar refractivity (Wildman–Crippen MR) is 134 cm³/mol. The van der Waals surface area contributed by atoms with Crippen molar-refractivity contribution in [2.24, 2.45) is 11.1 Å². The molecular weight excluding hydrogens is 478 g/mol. The Labute approximate surface area is 213 Å². The van der Waals surface area contributed by atoms with Crippen molar-refractivity contribution in [1.82, 2.24) is 0 Å². The van der Waals surface area contributed by atoms with Crippen LogP contribution in [0.1, 0.15) is 45.1 Å². The average Bonchev–Trinajstić information content (AvgIpc) is 3.30. The van der Waals surface area contributed by atoms with Gasteiger partial charge in [-0.1, -0.05) is 26.0 Å². The first-order chi connectivity index (χ1) is 17.6. The lowest BCUT2D eigenvalue weighted by molar-refractivity contribution is -0.384. The number of anilines is 1. The van der Waals surface area contributed by atoms with Gasteiger partial charge in [0.15, 0.2) is 17.3 Å². The molecule has 0 spiro atoms. The number of non-ortho nitro benzene ring substituents is 1. The van der Waals surface area contributed by atoms with Gasteiger partial charge < -0.3 is 19.9 Å². The number of ketones is 1. The van der Waals surface area contributed by atoms with Crippen LogP contribution in [0.15, 0.2) is 65.1 Å². The molecule has 0 saturated heterocycles. The van der Waals surface area contributed by atoms with E-state index in [1.54, 1.807) is 42.2 Å². The zero-order valence-corrected chi connectivity index (χ0v) is 20.8. The van der Waals surface area contributed by atoms with Gasteiger partial charge in [-0.15, -0.1) is 0 Å². The lowest BCUT2D eigenvalue weighted by Gasteiger charge is -2.44. The second-order valence-electron chi connectivity index (χ2n) is 9.98. The molecule has 0 aromatic heterocycles. The summed E-state index contributed by atoms with van der Waals surface area (Å²) in [4.78, 5) is 39.8. The second kappa shape index (κ2) is 8.95. The number of Topliss-reactive ketones (excluding diaryl/α,β-unsaturated/α-hetero) is 1. The summed E-state index contributed by atoms with van der Waals surface area (Å²) in [5.74, 6) is -0.460. The van der Waals surface area contributed by atoms with Gasteiger partial charge in [0.1, 0.15) is 5.82 Å². The number of nitro groups is 1. The Morgan fingerprint density at radius 3 is 2.68 bits per heavy atom. The lowest BCUT2D eigenvalue weighted by Crippen LogP contribution is -2.43. The molecule has 3 aliphatic rings. The van der Waals surface area contributed by atoms with Crippen LogP contribution in [-0.4, -0.2) is 30.1 Å². The van der Waals surface area contributed by atoms with Crippen LogP contribution in [0.2, 0.25) is 0 Å². The highest BCUT2D eigenvalue weighted by Gasteiger charge is 2.47.